The van der Waals surface area contributed by atoms with E-state index >= 15 is 0 Å². The lowest BCUT2D eigenvalue weighted by Crippen LogP contribution is -2.55. The molecule has 3 rings (SSSR count). The number of anilines is 1. The van der Waals surface area contributed by atoms with Gasteiger partial charge in [0, 0.05) is 23.7 Å². The topological polar surface area (TPSA) is 139 Å². The van der Waals surface area contributed by atoms with Gasteiger partial charge in [0.15, 0.2) is 5.82 Å². The van der Waals surface area contributed by atoms with Gasteiger partial charge >= 0.3 is 5.97 Å². The summed E-state index contributed by atoms with van der Waals surface area (Å²) in [6, 6.07) is 6.80. The van der Waals surface area contributed by atoms with Crippen molar-refractivity contribution in [3.8, 4) is 11.9 Å². The molecule has 1 N–H and O–H groups in total. The number of aromatic nitrogens is 1. The second kappa shape index (κ2) is 10.2. The lowest BCUT2D eigenvalue weighted by Gasteiger charge is -2.39. The minimum atomic E-state index is -4.16. The average molecular weight is 511 g/mol. The summed E-state index contributed by atoms with van der Waals surface area (Å²) in [7, 11) is -2.85. The molecule has 1 aliphatic rings. The van der Waals surface area contributed by atoms with E-state index in [9.17, 15) is 27.7 Å². The standard InChI is InChI=1S/C21H20ClFN4O6S/c1-3-33-21(29)16-6-13(8-24)18(25-20(16)32-2)27-9-14(10-27)19(28)26-34(30,31)11-12-4-5-15(22)7-17(12)23/h4-7,14H,3,9-11H2,1-2H3,(H,26,28). The number of nitrogens with zero attached hydrogens (tertiary/aromatic N) is 3. The number of pyridine rings is 1. The second-order valence-corrected chi connectivity index (χ2v) is 9.47. The van der Waals surface area contributed by atoms with Crippen LogP contribution in [0.25, 0.3) is 0 Å². The smallest absolute Gasteiger partial charge is 0.343 e. The maximum absolute atomic E-state index is 13.9. The first-order chi connectivity index (χ1) is 16.1. The van der Waals surface area contributed by atoms with E-state index < -0.39 is 39.4 Å². The molecule has 13 heteroatoms. The van der Waals surface area contributed by atoms with Gasteiger partial charge in [-0.1, -0.05) is 17.7 Å². The van der Waals surface area contributed by atoms with Crippen LogP contribution in [0.3, 0.4) is 0 Å². The van der Waals surface area contributed by atoms with Crippen molar-refractivity contribution in [2.75, 3.05) is 31.7 Å². The van der Waals surface area contributed by atoms with Crippen molar-refractivity contribution in [1.82, 2.24) is 9.71 Å². The number of esters is 1. The number of methoxy groups -OCH3 is 1. The third-order valence-electron chi connectivity index (χ3n) is 4.95. The molecule has 0 saturated carbocycles. The summed E-state index contributed by atoms with van der Waals surface area (Å²) in [6.45, 7) is 1.90. The van der Waals surface area contributed by atoms with Gasteiger partial charge in [-0.15, -0.1) is 0 Å². The molecule has 34 heavy (non-hydrogen) atoms. The molecule has 0 bridgehead atoms. The summed E-state index contributed by atoms with van der Waals surface area (Å²) in [5, 5.41) is 9.61. The number of benzene rings is 1. The van der Waals surface area contributed by atoms with E-state index in [1.807, 2.05) is 10.8 Å². The van der Waals surface area contributed by atoms with Gasteiger partial charge in [-0.25, -0.2) is 17.6 Å². The number of halogens is 2. The Bertz CT molecular complexity index is 1270. The van der Waals surface area contributed by atoms with Crippen LogP contribution in [0.2, 0.25) is 5.02 Å². The van der Waals surface area contributed by atoms with Gasteiger partial charge < -0.3 is 14.4 Å². The number of nitriles is 1. The van der Waals surface area contributed by atoms with E-state index in [-0.39, 0.29) is 53.1 Å². The Hall–Kier alpha value is -3.43. The van der Waals surface area contributed by atoms with Crippen LogP contribution in [0.4, 0.5) is 10.2 Å². The summed E-state index contributed by atoms with van der Waals surface area (Å²) in [5.74, 6) is -3.57. The fraction of sp³-hybridized carbons (Fsp3) is 0.333. The number of carbonyl (C=O) groups is 2. The maximum atomic E-state index is 13.9. The first-order valence-corrected chi connectivity index (χ1v) is 12.0. The lowest BCUT2D eigenvalue weighted by atomic mass is 9.98. The minimum absolute atomic E-state index is 0.0139. The summed E-state index contributed by atoms with van der Waals surface area (Å²) in [6.07, 6.45) is 0. The second-order valence-electron chi connectivity index (χ2n) is 7.31. The van der Waals surface area contributed by atoms with Crippen LogP contribution < -0.4 is 14.4 Å². The van der Waals surface area contributed by atoms with E-state index in [0.29, 0.717) is 0 Å². The van der Waals surface area contributed by atoms with Crippen LogP contribution in [0.1, 0.15) is 28.4 Å². The molecule has 1 fully saturated rings. The molecule has 0 radical (unpaired) electrons. The molecule has 1 saturated heterocycles. The molecule has 0 unspecified atom stereocenters. The van der Waals surface area contributed by atoms with Crippen LogP contribution in [0.15, 0.2) is 24.3 Å². The first-order valence-electron chi connectivity index (χ1n) is 9.98. The molecule has 1 aromatic carbocycles. The molecule has 0 aliphatic carbocycles. The molecule has 0 spiro atoms. The van der Waals surface area contributed by atoms with E-state index in [1.165, 1.54) is 25.3 Å². The van der Waals surface area contributed by atoms with Crippen molar-refractivity contribution in [3.05, 3.63) is 51.8 Å². The molecule has 180 valence electrons. The Morgan fingerprint density at radius 3 is 2.65 bits per heavy atom. The van der Waals surface area contributed by atoms with Gasteiger partial charge in [0.25, 0.3) is 0 Å². The lowest BCUT2D eigenvalue weighted by molar-refractivity contribution is -0.123. The van der Waals surface area contributed by atoms with Crippen molar-refractivity contribution in [2.24, 2.45) is 5.92 Å². The van der Waals surface area contributed by atoms with E-state index in [2.05, 4.69) is 4.98 Å². The van der Waals surface area contributed by atoms with Crippen LogP contribution >= 0.6 is 11.6 Å². The van der Waals surface area contributed by atoms with Crippen molar-refractivity contribution < 1.29 is 31.9 Å². The van der Waals surface area contributed by atoms with Crippen molar-refractivity contribution in [3.63, 3.8) is 0 Å². The summed E-state index contributed by atoms with van der Waals surface area (Å²) >= 11 is 5.66. The Morgan fingerprint density at radius 1 is 1.35 bits per heavy atom. The highest BCUT2D eigenvalue weighted by Gasteiger charge is 2.37. The molecule has 2 heterocycles. The van der Waals surface area contributed by atoms with Gasteiger partial charge in [-0.2, -0.15) is 10.2 Å². The van der Waals surface area contributed by atoms with Crippen LogP contribution in [-0.2, 0) is 25.3 Å². The number of sulfonamides is 1. The number of ether oxygens (including phenoxy) is 2. The SMILES string of the molecule is CCOC(=O)c1cc(C#N)c(N2CC(C(=O)NS(=O)(=O)Cc3ccc(Cl)cc3F)C2)nc1OC. The molecule has 0 atom stereocenters. The third-order valence-corrected chi connectivity index (χ3v) is 6.38. The number of hydrogen-bond acceptors (Lipinski definition) is 9. The quantitative estimate of drug-likeness (QED) is 0.528. The number of hydrogen-bond donors (Lipinski definition) is 1. The van der Waals surface area contributed by atoms with Crippen molar-refractivity contribution >= 4 is 39.3 Å². The highest BCUT2D eigenvalue weighted by Crippen LogP contribution is 2.31. The predicted octanol–water partition coefficient (Wildman–Crippen LogP) is 2.01. The summed E-state index contributed by atoms with van der Waals surface area (Å²) < 4.78 is 50.6. The number of nitrogens with one attached hydrogen (secondary N) is 1. The summed E-state index contributed by atoms with van der Waals surface area (Å²) in [4.78, 5) is 30.3. The van der Waals surface area contributed by atoms with Gasteiger partial charge in [0.2, 0.25) is 21.8 Å². The van der Waals surface area contributed by atoms with Gasteiger partial charge in [-0.3, -0.25) is 9.52 Å². The van der Waals surface area contributed by atoms with E-state index in [0.717, 1.165) is 6.07 Å². The Morgan fingerprint density at radius 2 is 2.06 bits per heavy atom. The van der Waals surface area contributed by atoms with Gasteiger partial charge in [0.1, 0.15) is 17.4 Å². The predicted molar refractivity (Wildman–Crippen MR) is 119 cm³/mol. The molecule has 2 aromatic rings. The highest BCUT2D eigenvalue weighted by molar-refractivity contribution is 7.89. The fourth-order valence-electron chi connectivity index (χ4n) is 3.25. The minimum Gasteiger partial charge on any atom is -0.480 e. The third kappa shape index (κ3) is 5.55. The van der Waals surface area contributed by atoms with E-state index in [1.54, 1.807) is 11.8 Å². The zero-order valence-corrected chi connectivity index (χ0v) is 19.7. The zero-order valence-electron chi connectivity index (χ0n) is 18.2. The molecule has 1 aliphatic heterocycles. The van der Waals surface area contributed by atoms with Crippen molar-refractivity contribution in [1.29, 1.82) is 5.26 Å². The maximum Gasteiger partial charge on any atom is 0.343 e. The average Bonchev–Trinajstić information content (AvgIpc) is 2.74. The molecular weight excluding hydrogens is 491 g/mol. The van der Waals surface area contributed by atoms with Gasteiger partial charge in [0.05, 0.1) is 31.0 Å². The van der Waals surface area contributed by atoms with Crippen LogP contribution in [0.5, 0.6) is 5.88 Å². The molecule has 1 aromatic heterocycles. The van der Waals surface area contributed by atoms with Gasteiger partial charge in [-0.05, 0) is 25.1 Å². The Balaban J connectivity index is 1.69. The Kier molecular flexibility index (Phi) is 7.58. The number of rotatable bonds is 8. The monoisotopic (exact) mass is 510 g/mol. The van der Waals surface area contributed by atoms with E-state index in [4.69, 9.17) is 21.1 Å². The number of carbonyl (C=O) groups excluding carboxylic acids is 2. The Labute approximate surface area is 200 Å². The number of amides is 1. The first kappa shape index (κ1) is 25.2. The normalized spacial score (nSPS) is 13.6. The zero-order chi connectivity index (χ0) is 25.0. The highest BCUT2D eigenvalue weighted by atomic mass is 35.5. The van der Waals surface area contributed by atoms with Crippen LogP contribution in [-0.4, -0.2) is 52.1 Å². The molecule has 10 nitrogen and oxygen atoms in total. The van der Waals surface area contributed by atoms with Crippen LogP contribution in [0, 0.1) is 23.1 Å². The summed E-state index contributed by atoms with van der Waals surface area (Å²) in [5.41, 5.74) is -0.0786. The molecule has 1 amide bonds. The molecular formula is C21H20ClFN4O6S. The largest absolute Gasteiger partial charge is 0.480 e. The van der Waals surface area contributed by atoms with Crippen molar-refractivity contribution in [2.45, 2.75) is 12.7 Å². The fourth-order valence-corrected chi connectivity index (χ4v) is 4.60.